The molecule has 1 saturated heterocycles. The predicted octanol–water partition coefficient (Wildman–Crippen LogP) is 3.07. The highest BCUT2D eigenvalue weighted by Crippen LogP contribution is 2.32. The first-order valence-corrected chi connectivity index (χ1v) is 8.49. The fraction of sp³-hybridized carbons (Fsp3) is 0.471. The summed E-state index contributed by atoms with van der Waals surface area (Å²) >= 11 is 12.3. The Labute approximate surface area is 156 Å². The molecule has 1 heterocycles. The summed E-state index contributed by atoms with van der Waals surface area (Å²) in [7, 11) is 1.58. The van der Waals surface area contributed by atoms with Crippen molar-refractivity contribution in [1.82, 2.24) is 0 Å². The molecule has 0 saturated carbocycles. The Balaban J connectivity index is 2.07. The molecule has 1 N–H and O–H groups in total. The van der Waals surface area contributed by atoms with Crippen LogP contribution >= 0.6 is 23.2 Å². The molecule has 6 nitrogen and oxygen atoms in total. The number of aliphatic hydroxyl groups is 1. The lowest BCUT2D eigenvalue weighted by atomic mass is 10.0. The highest BCUT2D eigenvalue weighted by atomic mass is 35.5. The Morgan fingerprint density at radius 1 is 1.36 bits per heavy atom. The van der Waals surface area contributed by atoms with Crippen molar-refractivity contribution in [1.29, 1.82) is 0 Å². The zero-order valence-electron chi connectivity index (χ0n) is 13.7. The van der Waals surface area contributed by atoms with Crippen LogP contribution in [0.1, 0.15) is 18.4 Å². The number of ether oxygens (including phenoxy) is 4. The standard InChI is InChI=1S/C17H20Cl2O6/c1-22-4-5-23-10-24-16-7-11(18)6-15(19)14(16)3-2-13-8-12(20)9-17(21)25-13/h2-3,6-7,12-13,20H,4-5,8-10H2,1H3/b3-2+/t12-,13-/m1/s1. The van der Waals surface area contributed by atoms with Crippen molar-refractivity contribution >= 4 is 35.2 Å². The van der Waals surface area contributed by atoms with E-state index >= 15 is 0 Å². The summed E-state index contributed by atoms with van der Waals surface area (Å²) in [5.41, 5.74) is 0.581. The van der Waals surface area contributed by atoms with Gasteiger partial charge >= 0.3 is 5.97 Å². The maximum Gasteiger partial charge on any atom is 0.309 e. The first-order valence-electron chi connectivity index (χ1n) is 7.74. The van der Waals surface area contributed by atoms with Gasteiger partial charge in [0.05, 0.1) is 30.8 Å². The van der Waals surface area contributed by atoms with Gasteiger partial charge in [-0.15, -0.1) is 0 Å². The first-order chi connectivity index (χ1) is 12.0. The number of cyclic esters (lactones) is 1. The van der Waals surface area contributed by atoms with Crippen molar-refractivity contribution in [3.8, 4) is 5.75 Å². The van der Waals surface area contributed by atoms with E-state index in [1.54, 1.807) is 31.4 Å². The van der Waals surface area contributed by atoms with Crippen LogP contribution < -0.4 is 4.74 Å². The number of carbonyl (C=O) groups excluding carboxylic acids is 1. The van der Waals surface area contributed by atoms with Crippen LogP contribution in [0.2, 0.25) is 10.0 Å². The largest absolute Gasteiger partial charge is 0.467 e. The second-order valence-electron chi connectivity index (χ2n) is 5.44. The smallest absolute Gasteiger partial charge is 0.309 e. The van der Waals surface area contributed by atoms with Gasteiger partial charge in [-0.05, 0) is 18.2 Å². The molecular formula is C17H20Cl2O6. The molecule has 1 aromatic rings. The van der Waals surface area contributed by atoms with E-state index in [9.17, 15) is 9.90 Å². The van der Waals surface area contributed by atoms with E-state index in [4.69, 9.17) is 42.1 Å². The van der Waals surface area contributed by atoms with Gasteiger partial charge in [-0.25, -0.2) is 0 Å². The topological polar surface area (TPSA) is 74.2 Å². The van der Waals surface area contributed by atoms with Crippen molar-refractivity contribution in [3.63, 3.8) is 0 Å². The molecule has 0 aliphatic carbocycles. The van der Waals surface area contributed by atoms with Crippen molar-refractivity contribution in [3.05, 3.63) is 33.8 Å². The molecule has 1 aliphatic rings. The molecule has 8 heteroatoms. The minimum Gasteiger partial charge on any atom is -0.467 e. The van der Waals surface area contributed by atoms with Gasteiger partial charge in [0.15, 0.2) is 6.79 Å². The monoisotopic (exact) mass is 390 g/mol. The summed E-state index contributed by atoms with van der Waals surface area (Å²) in [6, 6.07) is 3.21. The van der Waals surface area contributed by atoms with Gasteiger partial charge in [0.1, 0.15) is 11.9 Å². The number of hydrogen-bond donors (Lipinski definition) is 1. The molecule has 25 heavy (non-hydrogen) atoms. The average Bonchev–Trinajstić information content (AvgIpc) is 2.52. The fourth-order valence-electron chi connectivity index (χ4n) is 2.28. The van der Waals surface area contributed by atoms with E-state index in [0.29, 0.717) is 41.0 Å². The van der Waals surface area contributed by atoms with E-state index in [-0.39, 0.29) is 13.2 Å². The number of esters is 1. The van der Waals surface area contributed by atoms with Gasteiger partial charge in [0.25, 0.3) is 0 Å². The normalized spacial score (nSPS) is 20.7. The van der Waals surface area contributed by atoms with Crippen molar-refractivity contribution in [2.75, 3.05) is 27.1 Å². The van der Waals surface area contributed by atoms with Gasteiger partial charge in [-0.2, -0.15) is 0 Å². The van der Waals surface area contributed by atoms with Crippen molar-refractivity contribution in [2.45, 2.75) is 25.0 Å². The lowest BCUT2D eigenvalue weighted by Crippen LogP contribution is -2.31. The maximum atomic E-state index is 11.4. The number of benzene rings is 1. The quantitative estimate of drug-likeness (QED) is 0.417. The van der Waals surface area contributed by atoms with Crippen LogP contribution in [0.5, 0.6) is 5.75 Å². The zero-order chi connectivity index (χ0) is 18.2. The molecule has 0 aromatic heterocycles. The molecule has 2 rings (SSSR count). The molecule has 0 amide bonds. The molecule has 1 aromatic carbocycles. The van der Waals surface area contributed by atoms with E-state index in [1.807, 2.05) is 0 Å². The van der Waals surface area contributed by atoms with E-state index in [1.165, 1.54) is 0 Å². The van der Waals surface area contributed by atoms with Gasteiger partial charge < -0.3 is 24.1 Å². The molecule has 0 unspecified atom stereocenters. The van der Waals surface area contributed by atoms with Crippen LogP contribution in [0.4, 0.5) is 0 Å². The molecule has 0 spiro atoms. The Hall–Kier alpha value is -1.31. The molecule has 1 aliphatic heterocycles. The molecule has 138 valence electrons. The third-order valence-electron chi connectivity index (χ3n) is 3.45. The second kappa shape index (κ2) is 9.99. The van der Waals surface area contributed by atoms with Crippen LogP contribution in [0, 0.1) is 0 Å². The number of methoxy groups -OCH3 is 1. The van der Waals surface area contributed by atoms with Crippen LogP contribution in [0.3, 0.4) is 0 Å². The van der Waals surface area contributed by atoms with Crippen molar-refractivity contribution in [2.24, 2.45) is 0 Å². The van der Waals surface area contributed by atoms with Crippen molar-refractivity contribution < 1.29 is 28.8 Å². The lowest BCUT2D eigenvalue weighted by Gasteiger charge is -2.23. The Morgan fingerprint density at radius 3 is 2.88 bits per heavy atom. The minimum absolute atomic E-state index is 0.0119. The summed E-state index contributed by atoms with van der Waals surface area (Å²) in [5.74, 6) is 0.00692. The van der Waals surface area contributed by atoms with Crippen LogP contribution in [-0.2, 0) is 19.0 Å². The van der Waals surface area contributed by atoms with Gasteiger partial charge in [0, 0.05) is 24.1 Å². The van der Waals surface area contributed by atoms with Crippen LogP contribution in [0.25, 0.3) is 6.08 Å². The van der Waals surface area contributed by atoms with Crippen LogP contribution in [0.15, 0.2) is 18.2 Å². The van der Waals surface area contributed by atoms with E-state index in [2.05, 4.69) is 0 Å². The average molecular weight is 391 g/mol. The molecule has 1 fully saturated rings. The summed E-state index contributed by atoms with van der Waals surface area (Å²) in [6.07, 6.45) is 2.46. The number of aliphatic hydroxyl groups excluding tert-OH is 1. The summed E-state index contributed by atoms with van der Waals surface area (Å²) in [5, 5.41) is 10.5. The fourth-order valence-corrected chi connectivity index (χ4v) is 2.82. The number of rotatable bonds is 8. The number of hydrogen-bond acceptors (Lipinski definition) is 6. The summed E-state index contributed by atoms with van der Waals surface area (Å²) in [6.45, 7) is 0.867. The maximum absolute atomic E-state index is 11.4. The molecule has 0 bridgehead atoms. The molecule has 2 atom stereocenters. The first kappa shape index (κ1) is 20.0. The van der Waals surface area contributed by atoms with Gasteiger partial charge in [-0.3, -0.25) is 4.79 Å². The number of halogens is 2. The minimum atomic E-state index is -0.707. The Kier molecular flexibility index (Phi) is 7.99. The highest BCUT2D eigenvalue weighted by molar-refractivity contribution is 6.35. The third-order valence-corrected chi connectivity index (χ3v) is 3.98. The SMILES string of the molecule is COCCOCOc1cc(Cl)cc(Cl)c1/C=C/[C@@H]1C[C@@H](O)CC(=O)O1. The van der Waals surface area contributed by atoms with E-state index in [0.717, 1.165) is 0 Å². The second-order valence-corrected chi connectivity index (χ2v) is 6.29. The Morgan fingerprint density at radius 2 is 2.16 bits per heavy atom. The summed E-state index contributed by atoms with van der Waals surface area (Å²) in [4.78, 5) is 11.4. The third kappa shape index (κ3) is 6.49. The van der Waals surface area contributed by atoms with Gasteiger partial charge in [-0.1, -0.05) is 29.3 Å². The summed E-state index contributed by atoms with van der Waals surface area (Å²) < 4.78 is 20.9. The predicted molar refractivity (Wildman–Crippen MR) is 93.9 cm³/mol. The highest BCUT2D eigenvalue weighted by Gasteiger charge is 2.25. The van der Waals surface area contributed by atoms with E-state index < -0.39 is 18.2 Å². The Bertz CT molecular complexity index is 619. The molecule has 0 radical (unpaired) electrons. The van der Waals surface area contributed by atoms with Gasteiger partial charge in [0.2, 0.25) is 0 Å². The molecular weight excluding hydrogens is 371 g/mol. The zero-order valence-corrected chi connectivity index (χ0v) is 15.3. The van der Waals surface area contributed by atoms with Crippen LogP contribution in [-0.4, -0.2) is 50.4 Å². The lowest BCUT2D eigenvalue weighted by molar-refractivity contribution is -0.156. The number of carbonyl (C=O) groups is 1.